The van der Waals surface area contributed by atoms with Crippen molar-refractivity contribution in [3.63, 3.8) is 0 Å². The standard InChI is InChI=1S/C69H42N2O3/c1-2-20-48-43(15-1)52(58-33-31-39(37-70-58)41-22-13-24-49-46-18-5-10-28-60(46)72-66(41)49)35-56-64(48)65-57(69(56)54-26-8-3-16-44(54)45-17-4-9-27-55(45)69)36-53(63-51-21-7-12-30-62(51)74-68(63)65)59-34-32-40(38-71-59)42-23-14-25-50-47-19-6-11-29-61(47)73-67(42)50/h1-3,5-16,18-38,59,71H,4,17H2. The molecule has 13 aromatic rings. The first kappa shape index (κ1) is 40.2. The molecular formula is C69H42N2O3. The molecule has 4 aromatic heterocycles. The van der Waals surface area contributed by atoms with Crippen molar-refractivity contribution < 1.29 is 13.3 Å². The predicted octanol–water partition coefficient (Wildman–Crippen LogP) is 17.9. The molecule has 3 aliphatic carbocycles. The first-order valence-corrected chi connectivity index (χ1v) is 25.7. The number of dihydropyridines is 1. The van der Waals surface area contributed by atoms with E-state index in [1.165, 1.54) is 49.9 Å². The van der Waals surface area contributed by atoms with Gasteiger partial charge in [-0.2, -0.15) is 0 Å². The van der Waals surface area contributed by atoms with Gasteiger partial charge in [-0.25, -0.2) is 0 Å². The Bertz CT molecular complexity index is 4760. The lowest BCUT2D eigenvalue weighted by molar-refractivity contribution is 0.667. The van der Waals surface area contributed by atoms with Gasteiger partial charge in [-0.05, 0) is 98.5 Å². The highest BCUT2D eigenvalue weighted by atomic mass is 16.3. The minimum Gasteiger partial charge on any atom is -0.455 e. The van der Waals surface area contributed by atoms with Crippen molar-refractivity contribution >= 4 is 87.7 Å². The van der Waals surface area contributed by atoms with Crippen LogP contribution in [0.25, 0.3) is 121 Å². The van der Waals surface area contributed by atoms with Crippen LogP contribution in [0.2, 0.25) is 0 Å². The molecule has 2 atom stereocenters. The van der Waals surface area contributed by atoms with Crippen LogP contribution >= 0.6 is 0 Å². The van der Waals surface area contributed by atoms with E-state index in [0.29, 0.717) is 0 Å². The normalized spacial score (nSPS) is 17.6. The van der Waals surface area contributed by atoms with Gasteiger partial charge in [0.05, 0.1) is 17.2 Å². The third kappa shape index (κ3) is 5.25. The zero-order chi connectivity index (χ0) is 48.2. The summed E-state index contributed by atoms with van der Waals surface area (Å²) in [4.78, 5) is 5.35. The number of benzene rings is 9. The fraction of sp³-hybridized carbons (Fsp3) is 0.0580. The molecule has 2 unspecified atom stereocenters. The van der Waals surface area contributed by atoms with Crippen molar-refractivity contribution in [3.8, 4) is 33.5 Å². The fourth-order valence-corrected chi connectivity index (χ4v) is 13.6. The maximum atomic E-state index is 7.31. The highest BCUT2D eigenvalue weighted by molar-refractivity contribution is 6.20. The molecule has 5 heterocycles. The second-order valence-electron chi connectivity index (χ2n) is 20.3. The first-order chi connectivity index (χ1) is 36.7. The summed E-state index contributed by atoms with van der Waals surface area (Å²) in [5.41, 5.74) is 22.4. The predicted molar refractivity (Wildman–Crippen MR) is 301 cm³/mol. The molecule has 0 bridgehead atoms. The van der Waals surface area contributed by atoms with Gasteiger partial charge in [0, 0.05) is 78.1 Å². The Hall–Kier alpha value is -9.45. The smallest absolute Gasteiger partial charge is 0.143 e. The zero-order valence-corrected chi connectivity index (χ0v) is 39.9. The molecule has 0 radical (unpaired) electrons. The van der Waals surface area contributed by atoms with E-state index in [2.05, 4.69) is 194 Å². The summed E-state index contributed by atoms with van der Waals surface area (Å²) in [5.74, 6) is 0. The van der Waals surface area contributed by atoms with E-state index >= 15 is 0 Å². The van der Waals surface area contributed by atoms with E-state index in [4.69, 9.17) is 18.2 Å². The van der Waals surface area contributed by atoms with Gasteiger partial charge in [0.15, 0.2) is 0 Å². The number of rotatable bonds is 4. The third-order valence-electron chi connectivity index (χ3n) is 16.7. The monoisotopic (exact) mass is 946 g/mol. The molecule has 0 fully saturated rings. The number of fused-ring (bicyclic) bond motifs is 21. The summed E-state index contributed by atoms with van der Waals surface area (Å²) < 4.78 is 20.3. The minimum atomic E-state index is -0.637. The number of pyridine rings is 1. The van der Waals surface area contributed by atoms with Crippen LogP contribution in [0.3, 0.4) is 0 Å². The summed E-state index contributed by atoms with van der Waals surface area (Å²) >= 11 is 0. The number of furan rings is 3. The zero-order valence-electron chi connectivity index (χ0n) is 39.9. The number of allylic oxidation sites excluding steroid dienone is 6. The summed E-state index contributed by atoms with van der Waals surface area (Å²) in [7, 11) is 0. The van der Waals surface area contributed by atoms with Crippen molar-refractivity contribution in [3.05, 3.63) is 258 Å². The second-order valence-corrected chi connectivity index (χ2v) is 20.3. The maximum Gasteiger partial charge on any atom is 0.143 e. The van der Waals surface area contributed by atoms with Gasteiger partial charge in [-0.15, -0.1) is 0 Å². The molecule has 17 rings (SSSR count). The molecule has 0 saturated carbocycles. The third-order valence-corrected chi connectivity index (χ3v) is 16.7. The average Bonchev–Trinajstić information content (AvgIpc) is 4.30. The Balaban J connectivity index is 0.897. The molecule has 1 N–H and O–H groups in total. The van der Waals surface area contributed by atoms with Gasteiger partial charge in [0.2, 0.25) is 0 Å². The molecule has 9 aromatic carbocycles. The van der Waals surface area contributed by atoms with E-state index in [1.807, 2.05) is 30.5 Å². The van der Waals surface area contributed by atoms with Crippen LogP contribution in [-0.2, 0) is 5.41 Å². The number of para-hydroxylation sites is 5. The highest BCUT2D eigenvalue weighted by Gasteiger charge is 2.54. The van der Waals surface area contributed by atoms with E-state index in [-0.39, 0.29) is 6.04 Å². The van der Waals surface area contributed by atoms with Gasteiger partial charge in [-0.3, -0.25) is 4.98 Å². The number of hydrogen-bond donors (Lipinski definition) is 1. The average molecular weight is 947 g/mol. The van der Waals surface area contributed by atoms with E-state index in [9.17, 15) is 0 Å². The molecule has 5 heteroatoms. The van der Waals surface area contributed by atoms with Gasteiger partial charge >= 0.3 is 0 Å². The van der Waals surface area contributed by atoms with E-state index in [1.54, 1.807) is 0 Å². The maximum absolute atomic E-state index is 7.31. The lowest BCUT2D eigenvalue weighted by atomic mass is 9.68. The molecule has 5 nitrogen and oxygen atoms in total. The molecule has 74 heavy (non-hydrogen) atoms. The molecule has 1 spiro atoms. The Morgan fingerprint density at radius 1 is 0.486 bits per heavy atom. The molecule has 0 saturated heterocycles. The summed E-state index contributed by atoms with van der Waals surface area (Å²) in [6.07, 6.45) is 15.6. The molecule has 1 aliphatic heterocycles. The van der Waals surface area contributed by atoms with Crippen molar-refractivity contribution in [2.45, 2.75) is 24.3 Å². The SMILES string of the molecule is C1=CC2=C(CC1)c1ccccc1C21c2cc(-c3ccc(-c4cccc5c4oc4ccccc45)cn3)c3ccccc3c2-c2c1cc(C1C=CC(c3cccc4c3oc3ccccc34)=CN1)c1c2oc2ccccc21. The van der Waals surface area contributed by atoms with Gasteiger partial charge in [0.25, 0.3) is 0 Å². The number of aromatic nitrogens is 1. The van der Waals surface area contributed by atoms with Gasteiger partial charge < -0.3 is 18.6 Å². The Morgan fingerprint density at radius 3 is 1.85 bits per heavy atom. The Labute approximate surface area is 424 Å². The van der Waals surface area contributed by atoms with Crippen molar-refractivity contribution in [2.24, 2.45) is 0 Å². The largest absolute Gasteiger partial charge is 0.455 e. The van der Waals surface area contributed by atoms with Gasteiger partial charge in [0.1, 0.15) is 33.5 Å². The number of nitrogens with zero attached hydrogens (tertiary/aromatic N) is 1. The van der Waals surface area contributed by atoms with Crippen molar-refractivity contribution in [1.29, 1.82) is 0 Å². The topological polar surface area (TPSA) is 64.3 Å². The molecule has 0 amide bonds. The lowest BCUT2D eigenvalue weighted by Crippen LogP contribution is -2.28. The van der Waals surface area contributed by atoms with E-state index in [0.717, 1.165) is 123 Å². The Kier molecular flexibility index (Phi) is 8.04. The summed E-state index contributed by atoms with van der Waals surface area (Å²) in [6.45, 7) is 0. The Morgan fingerprint density at radius 2 is 1.11 bits per heavy atom. The molecule has 4 aliphatic rings. The van der Waals surface area contributed by atoms with Crippen LogP contribution in [0.15, 0.2) is 238 Å². The van der Waals surface area contributed by atoms with Crippen LogP contribution in [0.1, 0.15) is 52.3 Å². The van der Waals surface area contributed by atoms with Crippen LogP contribution < -0.4 is 5.32 Å². The summed E-state index contributed by atoms with van der Waals surface area (Å²) in [6, 6.07) is 65.3. The van der Waals surface area contributed by atoms with Crippen LogP contribution in [-0.4, -0.2) is 4.98 Å². The fourth-order valence-electron chi connectivity index (χ4n) is 13.6. The molecular weight excluding hydrogens is 905 g/mol. The van der Waals surface area contributed by atoms with Crippen molar-refractivity contribution in [2.75, 3.05) is 0 Å². The quantitative estimate of drug-likeness (QED) is 0.190. The van der Waals surface area contributed by atoms with Crippen LogP contribution in [0.4, 0.5) is 0 Å². The van der Waals surface area contributed by atoms with Crippen molar-refractivity contribution in [1.82, 2.24) is 10.3 Å². The number of hydrogen-bond acceptors (Lipinski definition) is 5. The summed E-state index contributed by atoms with van der Waals surface area (Å²) in [5, 5.41) is 12.9. The highest BCUT2D eigenvalue weighted by Crippen LogP contribution is 2.67. The minimum absolute atomic E-state index is 0.157. The van der Waals surface area contributed by atoms with Crippen LogP contribution in [0, 0.1) is 0 Å². The van der Waals surface area contributed by atoms with E-state index < -0.39 is 5.41 Å². The van der Waals surface area contributed by atoms with Gasteiger partial charge in [-0.1, -0.05) is 176 Å². The number of nitrogens with one attached hydrogen (secondary N) is 1. The second kappa shape index (κ2) is 14.8. The lowest BCUT2D eigenvalue weighted by Gasteiger charge is -2.33. The molecule has 346 valence electrons. The first-order valence-electron chi connectivity index (χ1n) is 25.7. The van der Waals surface area contributed by atoms with Crippen LogP contribution in [0.5, 0.6) is 0 Å².